The van der Waals surface area contributed by atoms with Crippen LogP contribution < -0.4 is 5.73 Å². The van der Waals surface area contributed by atoms with Gasteiger partial charge in [0, 0.05) is 11.6 Å². The molecular formula is C15H21N3O4. The summed E-state index contributed by atoms with van der Waals surface area (Å²) in [4.78, 5) is 21.3. The molecule has 1 heterocycles. The van der Waals surface area contributed by atoms with Crippen LogP contribution >= 0.6 is 0 Å². The fourth-order valence-electron chi connectivity index (χ4n) is 1.94. The molecule has 0 saturated carbocycles. The second-order valence-corrected chi connectivity index (χ2v) is 5.55. The van der Waals surface area contributed by atoms with Crippen LogP contribution in [0.15, 0.2) is 36.1 Å². The van der Waals surface area contributed by atoms with Gasteiger partial charge in [-0.3, -0.25) is 4.79 Å². The first-order valence-electron chi connectivity index (χ1n) is 6.81. The predicted molar refractivity (Wildman–Crippen MR) is 82.2 cm³/mol. The van der Waals surface area contributed by atoms with Crippen LogP contribution in [0.4, 0.5) is 5.82 Å². The second kappa shape index (κ2) is 6.93. The molecule has 4 N–H and O–H groups in total. The molecule has 1 atom stereocenters. The van der Waals surface area contributed by atoms with Crippen molar-refractivity contribution in [2.45, 2.75) is 33.2 Å². The zero-order chi connectivity index (χ0) is 16.9. The molecule has 1 aliphatic rings. The van der Waals surface area contributed by atoms with E-state index >= 15 is 0 Å². The van der Waals surface area contributed by atoms with Crippen LogP contribution in [0.5, 0.6) is 0 Å². The minimum Gasteiger partial charge on any atom is -0.481 e. The van der Waals surface area contributed by atoms with Crippen LogP contribution in [-0.2, 0) is 9.59 Å². The Morgan fingerprint density at radius 3 is 2.41 bits per heavy atom. The third-order valence-corrected chi connectivity index (χ3v) is 3.27. The third-order valence-electron chi connectivity index (χ3n) is 3.27. The molecule has 1 aromatic heterocycles. The van der Waals surface area contributed by atoms with Crippen LogP contribution in [-0.4, -0.2) is 31.9 Å². The number of carboxylic acids is 2. The summed E-state index contributed by atoms with van der Waals surface area (Å²) in [5.41, 5.74) is 4.59. The molecule has 2 rings (SSSR count). The predicted octanol–water partition coefficient (Wildman–Crippen LogP) is 2.09. The van der Waals surface area contributed by atoms with Gasteiger partial charge in [0.05, 0.1) is 11.6 Å². The number of nitrogens with two attached hydrogens (primary N) is 1. The number of hydrogen-bond donors (Lipinski definition) is 3. The Labute approximate surface area is 128 Å². The first kappa shape index (κ1) is 17.5. The number of aliphatic carboxylic acids is 2. The third kappa shape index (κ3) is 4.21. The molecule has 0 radical (unpaired) electrons. The lowest BCUT2D eigenvalue weighted by Crippen LogP contribution is -2.28. The Balaban J connectivity index is 0.000000235. The number of rotatable bonds is 3. The molecule has 1 unspecified atom stereocenters. The topological polar surface area (TPSA) is 118 Å². The number of nitrogens with zero attached hydrogens (tertiary/aromatic N) is 2. The van der Waals surface area contributed by atoms with E-state index in [4.69, 9.17) is 15.9 Å². The minimum absolute atomic E-state index is 0.0359. The van der Waals surface area contributed by atoms with Crippen molar-refractivity contribution in [1.82, 2.24) is 9.78 Å². The zero-order valence-electron chi connectivity index (χ0n) is 12.9. The van der Waals surface area contributed by atoms with Crippen molar-refractivity contribution in [2.24, 2.45) is 5.41 Å². The summed E-state index contributed by atoms with van der Waals surface area (Å²) >= 11 is 0. The summed E-state index contributed by atoms with van der Waals surface area (Å²) in [7, 11) is 0. The highest BCUT2D eigenvalue weighted by atomic mass is 16.4. The van der Waals surface area contributed by atoms with E-state index in [1.807, 2.05) is 13.8 Å². The summed E-state index contributed by atoms with van der Waals surface area (Å²) in [5.74, 6) is -1.34. The summed E-state index contributed by atoms with van der Waals surface area (Å²) < 4.78 is 1.78. The number of nitrogen functional groups attached to an aromatic ring is 1. The van der Waals surface area contributed by atoms with Crippen molar-refractivity contribution in [3.05, 3.63) is 36.1 Å². The molecule has 1 aromatic rings. The van der Waals surface area contributed by atoms with Crippen molar-refractivity contribution in [3.8, 4) is 0 Å². The average Bonchev–Trinajstić information content (AvgIpc) is 2.86. The molecule has 0 aliphatic heterocycles. The second-order valence-electron chi connectivity index (χ2n) is 5.55. The van der Waals surface area contributed by atoms with Crippen molar-refractivity contribution >= 4 is 17.8 Å². The largest absolute Gasteiger partial charge is 0.481 e. The van der Waals surface area contributed by atoms with Gasteiger partial charge in [0.25, 0.3) is 0 Å². The molecule has 0 fully saturated rings. The van der Waals surface area contributed by atoms with Gasteiger partial charge in [-0.15, -0.1) is 0 Å². The Bertz CT molecular complexity index is 616. The van der Waals surface area contributed by atoms with E-state index in [0.717, 1.165) is 5.82 Å². The van der Waals surface area contributed by atoms with Crippen molar-refractivity contribution in [2.75, 3.05) is 5.73 Å². The van der Waals surface area contributed by atoms with E-state index in [2.05, 4.69) is 5.10 Å². The first-order valence-corrected chi connectivity index (χ1v) is 6.81. The first-order chi connectivity index (χ1) is 10.2. The van der Waals surface area contributed by atoms with Gasteiger partial charge in [-0.05, 0) is 33.3 Å². The van der Waals surface area contributed by atoms with Crippen LogP contribution in [0.1, 0.15) is 33.2 Å². The highest BCUT2D eigenvalue weighted by Gasteiger charge is 2.34. The fraction of sp³-hybridized carbons (Fsp3) is 0.400. The summed E-state index contributed by atoms with van der Waals surface area (Å²) in [6, 6.07) is 2.15. The van der Waals surface area contributed by atoms with Crippen molar-refractivity contribution in [3.63, 3.8) is 0 Å². The fourth-order valence-corrected chi connectivity index (χ4v) is 1.94. The minimum atomic E-state index is -1.08. The number of aromatic nitrogens is 2. The molecule has 0 bridgehead atoms. The maximum absolute atomic E-state index is 10.8. The Hall–Kier alpha value is -2.57. The zero-order valence-corrected chi connectivity index (χ0v) is 12.9. The maximum atomic E-state index is 10.8. The number of carboxylic acid groups (broad SMARTS) is 2. The lowest BCUT2D eigenvalue weighted by molar-refractivity contribution is -0.145. The summed E-state index contributed by atoms with van der Waals surface area (Å²) in [6.07, 6.45) is 6.14. The van der Waals surface area contributed by atoms with Crippen molar-refractivity contribution < 1.29 is 19.8 Å². The summed E-state index contributed by atoms with van der Waals surface area (Å²) in [5, 5.41) is 21.5. The number of allylic oxidation sites excluding steroid dienone is 2. The highest BCUT2D eigenvalue weighted by molar-refractivity contribution is 5.90. The van der Waals surface area contributed by atoms with E-state index in [9.17, 15) is 9.59 Å². The smallest absolute Gasteiger partial charge is 0.331 e. The molecule has 0 amide bonds. The SMILES string of the molecule is CC(C)n1nccc1N.CC1(C(=O)O)C=CC=C(C(=O)O)C1. The van der Waals surface area contributed by atoms with Gasteiger partial charge >= 0.3 is 11.9 Å². The van der Waals surface area contributed by atoms with Gasteiger partial charge in [0.2, 0.25) is 0 Å². The lowest BCUT2D eigenvalue weighted by Gasteiger charge is -2.23. The Kier molecular flexibility index (Phi) is 5.50. The normalized spacial score (nSPS) is 20.1. The van der Waals surface area contributed by atoms with Gasteiger partial charge in [-0.25, -0.2) is 9.48 Å². The highest BCUT2D eigenvalue weighted by Crippen LogP contribution is 2.31. The number of hydrogen-bond acceptors (Lipinski definition) is 4. The van der Waals surface area contributed by atoms with Gasteiger partial charge < -0.3 is 15.9 Å². The molecule has 22 heavy (non-hydrogen) atoms. The van der Waals surface area contributed by atoms with E-state index in [1.165, 1.54) is 25.2 Å². The molecule has 0 saturated heterocycles. The van der Waals surface area contributed by atoms with Crippen LogP contribution in [0.3, 0.4) is 0 Å². The van der Waals surface area contributed by atoms with E-state index in [1.54, 1.807) is 16.9 Å². The number of carbonyl (C=O) groups is 2. The molecule has 1 aliphatic carbocycles. The molecular weight excluding hydrogens is 286 g/mol. The van der Waals surface area contributed by atoms with E-state index in [-0.39, 0.29) is 12.0 Å². The monoisotopic (exact) mass is 307 g/mol. The van der Waals surface area contributed by atoms with Gasteiger partial charge in [-0.1, -0.05) is 18.2 Å². The number of anilines is 1. The van der Waals surface area contributed by atoms with E-state index in [0.29, 0.717) is 6.04 Å². The Morgan fingerprint density at radius 2 is 2.05 bits per heavy atom. The molecule has 7 nitrogen and oxygen atoms in total. The lowest BCUT2D eigenvalue weighted by atomic mass is 9.80. The molecule has 0 spiro atoms. The van der Waals surface area contributed by atoms with Gasteiger partial charge in [0.1, 0.15) is 5.82 Å². The van der Waals surface area contributed by atoms with Crippen LogP contribution in [0.2, 0.25) is 0 Å². The quantitative estimate of drug-likeness (QED) is 0.786. The molecule has 0 aromatic carbocycles. The molecule has 7 heteroatoms. The molecule has 120 valence electrons. The van der Waals surface area contributed by atoms with E-state index < -0.39 is 17.4 Å². The van der Waals surface area contributed by atoms with Crippen LogP contribution in [0.25, 0.3) is 0 Å². The van der Waals surface area contributed by atoms with Gasteiger partial charge in [-0.2, -0.15) is 5.10 Å². The Morgan fingerprint density at radius 1 is 1.41 bits per heavy atom. The standard InChI is InChI=1S/C9H10O4.C6H11N3/c1-9(8(12)13)4-2-3-6(5-9)7(10)11;1-5(2)9-6(7)3-4-8-9/h2-4H,5H2,1H3,(H,10,11)(H,12,13);3-5H,7H2,1-2H3. The average molecular weight is 307 g/mol. The van der Waals surface area contributed by atoms with Gasteiger partial charge in [0.15, 0.2) is 0 Å². The maximum Gasteiger partial charge on any atom is 0.331 e. The van der Waals surface area contributed by atoms with Crippen LogP contribution in [0, 0.1) is 5.41 Å². The van der Waals surface area contributed by atoms with Crippen molar-refractivity contribution in [1.29, 1.82) is 0 Å². The summed E-state index contributed by atoms with van der Waals surface area (Å²) in [6.45, 7) is 5.59.